The van der Waals surface area contributed by atoms with E-state index in [9.17, 15) is 30.0 Å². The number of rotatable bonds is 7. The second kappa shape index (κ2) is 17.3. The SMILES string of the molecule is CC[C@H]1OC(=O)[C@H](C)[C@@H](O[C@H]2C[C@@](C)(OC)[C@@H](O)[C@H](C)O2)[C@@H](C)[C@@H](O[C@@H]2O[C@H](C)C[C@H](N(C)C)[C@H]2O)[C@](C)(O)C[C@@H](C)C(=O)[C@H](C)[C@H](O)[C@H]1C. The molecule has 18 atom stereocenters. The van der Waals surface area contributed by atoms with Crippen LogP contribution in [-0.4, -0.2) is 137 Å². The normalized spacial score (nSPS) is 49.0. The number of esters is 1. The molecule has 13 heteroatoms. The Labute approximate surface area is 299 Å². The van der Waals surface area contributed by atoms with Crippen molar-refractivity contribution in [1.82, 2.24) is 4.90 Å². The molecule has 0 aromatic carbocycles. The zero-order chi connectivity index (χ0) is 38.0. The van der Waals surface area contributed by atoms with E-state index >= 15 is 0 Å². The highest BCUT2D eigenvalue weighted by Gasteiger charge is 2.52. The predicted molar refractivity (Wildman–Crippen MR) is 185 cm³/mol. The maximum absolute atomic E-state index is 14.0. The Morgan fingerprint density at radius 2 is 1.50 bits per heavy atom. The number of likely N-dealkylation sites (N-methyl/N-ethyl adjacent to an activating group) is 1. The summed E-state index contributed by atoms with van der Waals surface area (Å²) in [6.07, 6.45) is -7.91. The lowest BCUT2D eigenvalue weighted by Crippen LogP contribution is -2.60. The van der Waals surface area contributed by atoms with Gasteiger partial charge in [-0.2, -0.15) is 0 Å². The fraction of sp³-hybridized carbons (Fsp3) is 0.946. The summed E-state index contributed by atoms with van der Waals surface area (Å²) < 4.78 is 37.3. The van der Waals surface area contributed by atoms with Gasteiger partial charge in [0.2, 0.25) is 0 Å². The van der Waals surface area contributed by atoms with E-state index in [0.29, 0.717) is 12.8 Å². The van der Waals surface area contributed by atoms with E-state index in [-0.39, 0.29) is 30.8 Å². The monoisotopic (exact) mass is 717 g/mol. The van der Waals surface area contributed by atoms with Crippen molar-refractivity contribution in [2.45, 2.75) is 174 Å². The molecule has 0 bridgehead atoms. The number of ketones is 1. The van der Waals surface area contributed by atoms with Gasteiger partial charge < -0.3 is 53.7 Å². The largest absolute Gasteiger partial charge is 0.462 e. The topological polar surface area (TPSA) is 174 Å². The summed E-state index contributed by atoms with van der Waals surface area (Å²) in [5.74, 6) is -4.59. The van der Waals surface area contributed by atoms with Crippen molar-refractivity contribution in [3.8, 4) is 0 Å². The van der Waals surface area contributed by atoms with Crippen LogP contribution in [0.3, 0.4) is 0 Å². The number of carbonyl (C=O) groups is 2. The first-order valence-corrected chi connectivity index (χ1v) is 18.4. The minimum absolute atomic E-state index is 0.0462. The van der Waals surface area contributed by atoms with Crippen LogP contribution in [0.5, 0.6) is 0 Å². The van der Waals surface area contributed by atoms with Crippen LogP contribution in [-0.2, 0) is 38.0 Å². The van der Waals surface area contributed by atoms with Gasteiger partial charge in [-0.3, -0.25) is 9.59 Å². The number of cyclic esters (lactones) is 1. The number of nitrogens with zero attached hydrogens (tertiary/aromatic N) is 1. The van der Waals surface area contributed by atoms with Crippen LogP contribution in [0.15, 0.2) is 0 Å². The molecule has 3 saturated heterocycles. The Kier molecular flexibility index (Phi) is 14.9. The van der Waals surface area contributed by atoms with Crippen molar-refractivity contribution in [2.75, 3.05) is 21.2 Å². The molecule has 0 unspecified atom stereocenters. The molecule has 0 saturated carbocycles. The molecular formula is C37H67NO12. The molecule has 0 radical (unpaired) electrons. The van der Waals surface area contributed by atoms with Crippen molar-refractivity contribution >= 4 is 11.8 Å². The standard InChI is InChI=1S/C37H67NO12/c1-14-26-20(4)29(40)21(5)28(39)18(2)16-36(9,44)33(50-35-30(41)25(38(11)12)15-19(3)46-35)22(6)31(23(7)34(43)48-26)49-27-17-37(10,45-13)32(42)24(8)47-27/h18-27,29-33,35,40-42,44H,14-17H2,1-13H3/t18-,19-,20+,21+,22-,23-,24+,25+,26-,27+,29-,30-,31+,32+,33-,35+,36-,37-/m1/s1. The van der Waals surface area contributed by atoms with Crippen LogP contribution in [0.1, 0.15) is 94.9 Å². The fourth-order valence-corrected chi connectivity index (χ4v) is 8.36. The Morgan fingerprint density at radius 1 is 0.880 bits per heavy atom. The fourth-order valence-electron chi connectivity index (χ4n) is 8.36. The average Bonchev–Trinajstić information content (AvgIpc) is 3.05. The summed E-state index contributed by atoms with van der Waals surface area (Å²) in [5, 5.41) is 46.0. The van der Waals surface area contributed by atoms with E-state index in [0.717, 1.165) is 0 Å². The first-order valence-electron chi connectivity index (χ1n) is 18.4. The van der Waals surface area contributed by atoms with Gasteiger partial charge in [0.15, 0.2) is 12.6 Å². The second-order valence-corrected chi connectivity index (χ2v) is 16.2. The molecule has 3 aliphatic rings. The van der Waals surface area contributed by atoms with Gasteiger partial charge in [-0.15, -0.1) is 0 Å². The summed E-state index contributed by atoms with van der Waals surface area (Å²) in [4.78, 5) is 29.7. The molecule has 0 aliphatic carbocycles. The Hall–Kier alpha value is -1.26. The van der Waals surface area contributed by atoms with Crippen molar-refractivity contribution in [3.05, 3.63) is 0 Å². The third kappa shape index (κ3) is 9.45. The molecule has 0 aromatic rings. The van der Waals surface area contributed by atoms with Gasteiger partial charge in [0.1, 0.15) is 24.1 Å². The summed E-state index contributed by atoms with van der Waals surface area (Å²) in [6.45, 7) is 17.4. The Balaban J connectivity index is 2.16. The number of Topliss-reactive ketones (excluding diaryl/α,β-unsaturated/α-hetero) is 1. The lowest BCUT2D eigenvalue weighted by Gasteiger charge is -2.49. The molecule has 13 nitrogen and oxygen atoms in total. The first-order chi connectivity index (χ1) is 23.1. The molecule has 292 valence electrons. The van der Waals surface area contributed by atoms with Gasteiger partial charge in [-0.1, -0.05) is 34.6 Å². The molecule has 0 aromatic heterocycles. The molecule has 3 heterocycles. The highest BCUT2D eigenvalue weighted by molar-refractivity contribution is 5.83. The number of hydrogen-bond acceptors (Lipinski definition) is 13. The third-order valence-corrected chi connectivity index (χ3v) is 11.8. The minimum Gasteiger partial charge on any atom is -0.462 e. The van der Waals surface area contributed by atoms with Crippen molar-refractivity contribution in [1.29, 1.82) is 0 Å². The van der Waals surface area contributed by atoms with Crippen LogP contribution in [0, 0.1) is 29.6 Å². The second-order valence-electron chi connectivity index (χ2n) is 16.2. The van der Waals surface area contributed by atoms with E-state index < -0.39 is 102 Å². The number of ether oxygens (including phenoxy) is 6. The van der Waals surface area contributed by atoms with Crippen LogP contribution in [0.4, 0.5) is 0 Å². The average molecular weight is 718 g/mol. The van der Waals surface area contributed by atoms with Crippen molar-refractivity contribution in [2.24, 2.45) is 29.6 Å². The van der Waals surface area contributed by atoms with Gasteiger partial charge >= 0.3 is 5.97 Å². The molecular weight excluding hydrogens is 650 g/mol. The molecule has 3 aliphatic heterocycles. The van der Waals surface area contributed by atoms with E-state index in [2.05, 4.69) is 0 Å². The van der Waals surface area contributed by atoms with Gasteiger partial charge in [0, 0.05) is 43.2 Å². The maximum atomic E-state index is 14.0. The van der Waals surface area contributed by atoms with Crippen LogP contribution in [0.2, 0.25) is 0 Å². The zero-order valence-electron chi connectivity index (χ0n) is 32.6. The highest BCUT2D eigenvalue weighted by Crippen LogP contribution is 2.40. The first kappa shape index (κ1) is 43.1. The lowest BCUT2D eigenvalue weighted by atomic mass is 9.74. The van der Waals surface area contributed by atoms with E-state index in [1.54, 1.807) is 55.4 Å². The third-order valence-electron chi connectivity index (χ3n) is 11.8. The number of carbonyl (C=O) groups excluding carboxylic acids is 2. The van der Waals surface area contributed by atoms with Crippen LogP contribution in [0.25, 0.3) is 0 Å². The molecule has 0 amide bonds. The molecule has 0 spiro atoms. The molecule has 3 rings (SSSR count). The summed E-state index contributed by atoms with van der Waals surface area (Å²) in [6, 6.07) is -0.297. The number of hydrogen-bond donors (Lipinski definition) is 4. The number of aliphatic hydroxyl groups is 4. The van der Waals surface area contributed by atoms with E-state index in [1.807, 2.05) is 32.8 Å². The van der Waals surface area contributed by atoms with Crippen LogP contribution >= 0.6 is 0 Å². The van der Waals surface area contributed by atoms with Gasteiger partial charge in [-0.25, -0.2) is 0 Å². The van der Waals surface area contributed by atoms with E-state index in [1.165, 1.54) is 7.11 Å². The Bertz CT molecular complexity index is 1120. The number of aliphatic hydroxyl groups excluding tert-OH is 3. The minimum atomic E-state index is -1.72. The molecule has 3 fully saturated rings. The van der Waals surface area contributed by atoms with E-state index in [4.69, 9.17) is 28.4 Å². The van der Waals surface area contributed by atoms with Gasteiger partial charge in [0.25, 0.3) is 0 Å². The number of methoxy groups -OCH3 is 1. The highest BCUT2D eigenvalue weighted by atomic mass is 16.7. The van der Waals surface area contributed by atoms with Crippen molar-refractivity contribution < 1.29 is 58.4 Å². The molecule has 4 N–H and O–H groups in total. The predicted octanol–water partition coefficient (Wildman–Crippen LogP) is 2.67. The van der Waals surface area contributed by atoms with Gasteiger partial charge in [0.05, 0.1) is 47.6 Å². The quantitative estimate of drug-likeness (QED) is 0.284. The molecule has 50 heavy (non-hydrogen) atoms. The maximum Gasteiger partial charge on any atom is 0.311 e. The van der Waals surface area contributed by atoms with Crippen LogP contribution < -0.4 is 0 Å². The van der Waals surface area contributed by atoms with Gasteiger partial charge in [-0.05, 0) is 68.0 Å². The Morgan fingerprint density at radius 3 is 2.06 bits per heavy atom. The summed E-state index contributed by atoms with van der Waals surface area (Å²) in [5.41, 5.74) is -2.73. The summed E-state index contributed by atoms with van der Waals surface area (Å²) >= 11 is 0. The smallest absolute Gasteiger partial charge is 0.311 e. The summed E-state index contributed by atoms with van der Waals surface area (Å²) in [7, 11) is 5.23. The lowest BCUT2D eigenvalue weighted by molar-refractivity contribution is -0.317. The van der Waals surface area contributed by atoms with Crippen molar-refractivity contribution in [3.63, 3.8) is 0 Å². The zero-order valence-corrected chi connectivity index (χ0v) is 32.6.